The lowest BCUT2D eigenvalue weighted by Crippen LogP contribution is -1.98. The van der Waals surface area contributed by atoms with Crippen molar-refractivity contribution in [2.75, 3.05) is 6.61 Å². The summed E-state index contributed by atoms with van der Waals surface area (Å²) in [5.41, 5.74) is 1.96. The Balaban J connectivity index is 2.28. The SMILES string of the molecule is CCCCCCCCCCC#Cc1cccc(C=CC(=O)OCC)c1. The molecule has 1 rings (SSSR count). The van der Waals surface area contributed by atoms with Gasteiger partial charge < -0.3 is 4.74 Å². The Morgan fingerprint density at radius 2 is 1.76 bits per heavy atom. The van der Waals surface area contributed by atoms with Gasteiger partial charge in [-0.05, 0) is 37.1 Å². The zero-order chi connectivity index (χ0) is 18.2. The molecule has 0 aliphatic rings. The average molecular weight is 341 g/mol. The molecule has 0 heterocycles. The Kier molecular flexibility index (Phi) is 12.1. The molecule has 0 radical (unpaired) electrons. The average Bonchev–Trinajstić information content (AvgIpc) is 2.62. The van der Waals surface area contributed by atoms with Crippen molar-refractivity contribution < 1.29 is 9.53 Å². The molecule has 0 N–H and O–H groups in total. The van der Waals surface area contributed by atoms with Crippen molar-refractivity contribution >= 4 is 12.0 Å². The Morgan fingerprint density at radius 3 is 2.48 bits per heavy atom. The van der Waals surface area contributed by atoms with Crippen LogP contribution in [0.1, 0.15) is 82.8 Å². The van der Waals surface area contributed by atoms with Gasteiger partial charge in [-0.2, -0.15) is 0 Å². The van der Waals surface area contributed by atoms with E-state index >= 15 is 0 Å². The fraction of sp³-hybridized carbons (Fsp3) is 0.522. The lowest BCUT2D eigenvalue weighted by atomic mass is 10.1. The van der Waals surface area contributed by atoms with E-state index in [4.69, 9.17) is 4.74 Å². The van der Waals surface area contributed by atoms with Crippen molar-refractivity contribution in [2.45, 2.75) is 71.6 Å². The Bertz CT molecular complexity index is 575. The zero-order valence-corrected chi connectivity index (χ0v) is 15.9. The van der Waals surface area contributed by atoms with Gasteiger partial charge in [-0.15, -0.1) is 0 Å². The van der Waals surface area contributed by atoms with E-state index in [0.29, 0.717) is 6.61 Å². The minimum absolute atomic E-state index is 0.311. The molecule has 0 saturated heterocycles. The molecular weight excluding hydrogens is 308 g/mol. The van der Waals surface area contributed by atoms with Crippen LogP contribution < -0.4 is 0 Å². The van der Waals surface area contributed by atoms with E-state index in [2.05, 4.69) is 18.8 Å². The number of rotatable bonds is 11. The summed E-state index contributed by atoms with van der Waals surface area (Å²) < 4.78 is 4.88. The molecule has 25 heavy (non-hydrogen) atoms. The number of esters is 1. The summed E-state index contributed by atoms with van der Waals surface area (Å²) in [6, 6.07) is 7.92. The molecule has 1 aromatic carbocycles. The minimum atomic E-state index is -0.311. The molecule has 0 amide bonds. The smallest absolute Gasteiger partial charge is 0.330 e. The first-order chi connectivity index (χ1) is 12.3. The van der Waals surface area contributed by atoms with Crippen LogP contribution in [0.25, 0.3) is 6.08 Å². The van der Waals surface area contributed by atoms with E-state index in [1.807, 2.05) is 24.3 Å². The van der Waals surface area contributed by atoms with Gasteiger partial charge in [-0.25, -0.2) is 4.79 Å². The zero-order valence-electron chi connectivity index (χ0n) is 15.9. The Morgan fingerprint density at radius 1 is 1.04 bits per heavy atom. The second-order valence-electron chi connectivity index (χ2n) is 6.24. The van der Waals surface area contributed by atoms with Gasteiger partial charge in [-0.3, -0.25) is 0 Å². The lowest BCUT2D eigenvalue weighted by Gasteiger charge is -1.99. The largest absolute Gasteiger partial charge is 0.463 e. The van der Waals surface area contributed by atoms with Crippen LogP contribution in [0.3, 0.4) is 0 Å². The maximum Gasteiger partial charge on any atom is 0.330 e. The summed E-state index contributed by atoms with van der Waals surface area (Å²) in [5, 5.41) is 0. The molecule has 0 fully saturated rings. The molecule has 0 unspecified atom stereocenters. The van der Waals surface area contributed by atoms with Crippen LogP contribution in [0.2, 0.25) is 0 Å². The third-order valence-corrected chi connectivity index (χ3v) is 3.97. The van der Waals surface area contributed by atoms with E-state index in [1.54, 1.807) is 13.0 Å². The highest BCUT2D eigenvalue weighted by molar-refractivity contribution is 5.87. The Labute approximate surface area is 153 Å². The van der Waals surface area contributed by atoms with Gasteiger partial charge in [-0.1, -0.05) is 75.8 Å². The van der Waals surface area contributed by atoms with E-state index in [9.17, 15) is 4.79 Å². The maximum absolute atomic E-state index is 11.3. The standard InChI is InChI=1S/C23H32O2/c1-3-5-6-7-8-9-10-11-12-13-15-21-16-14-17-22(20-21)18-19-23(24)25-4-2/h14,16-20H,3-12H2,1-2H3. The summed E-state index contributed by atoms with van der Waals surface area (Å²) >= 11 is 0. The first kappa shape index (κ1) is 21.0. The molecule has 0 aliphatic heterocycles. The summed E-state index contributed by atoms with van der Waals surface area (Å²) in [4.78, 5) is 11.3. The van der Waals surface area contributed by atoms with E-state index < -0.39 is 0 Å². The number of carbonyl (C=O) groups excluding carboxylic acids is 1. The van der Waals surface area contributed by atoms with Crippen LogP contribution >= 0.6 is 0 Å². The van der Waals surface area contributed by atoms with Crippen molar-refractivity contribution in [3.63, 3.8) is 0 Å². The minimum Gasteiger partial charge on any atom is -0.463 e. The summed E-state index contributed by atoms with van der Waals surface area (Å²) in [7, 11) is 0. The third-order valence-electron chi connectivity index (χ3n) is 3.97. The molecular formula is C23H32O2. The van der Waals surface area contributed by atoms with E-state index in [-0.39, 0.29) is 5.97 Å². The fourth-order valence-corrected chi connectivity index (χ4v) is 2.59. The van der Waals surface area contributed by atoms with Gasteiger partial charge >= 0.3 is 5.97 Å². The van der Waals surface area contributed by atoms with E-state index in [0.717, 1.165) is 17.5 Å². The molecule has 0 aromatic heterocycles. The number of hydrogen-bond donors (Lipinski definition) is 0. The van der Waals surface area contributed by atoms with Crippen LogP contribution in [0, 0.1) is 11.8 Å². The van der Waals surface area contributed by atoms with Crippen molar-refractivity contribution in [3.8, 4) is 11.8 Å². The van der Waals surface area contributed by atoms with Gasteiger partial charge in [0.15, 0.2) is 0 Å². The van der Waals surface area contributed by atoms with Gasteiger partial charge in [0.1, 0.15) is 0 Å². The third kappa shape index (κ3) is 11.2. The van der Waals surface area contributed by atoms with Gasteiger partial charge in [0, 0.05) is 18.1 Å². The van der Waals surface area contributed by atoms with Crippen LogP contribution in [0.15, 0.2) is 30.3 Å². The van der Waals surface area contributed by atoms with Crippen LogP contribution in [-0.2, 0) is 9.53 Å². The topological polar surface area (TPSA) is 26.3 Å². The van der Waals surface area contributed by atoms with Crippen molar-refractivity contribution in [2.24, 2.45) is 0 Å². The maximum atomic E-state index is 11.3. The number of carbonyl (C=O) groups is 1. The molecule has 0 spiro atoms. The molecule has 2 nitrogen and oxygen atoms in total. The summed E-state index contributed by atoms with van der Waals surface area (Å²) in [6.07, 6.45) is 14.8. The van der Waals surface area contributed by atoms with Crippen molar-refractivity contribution in [3.05, 3.63) is 41.5 Å². The highest BCUT2D eigenvalue weighted by Crippen LogP contribution is 2.10. The first-order valence-corrected chi connectivity index (χ1v) is 9.70. The highest BCUT2D eigenvalue weighted by Gasteiger charge is 1.95. The highest BCUT2D eigenvalue weighted by atomic mass is 16.5. The first-order valence-electron chi connectivity index (χ1n) is 9.70. The molecule has 0 atom stereocenters. The molecule has 0 saturated carbocycles. The molecule has 2 heteroatoms. The van der Waals surface area contributed by atoms with Crippen LogP contribution in [0.4, 0.5) is 0 Å². The number of ether oxygens (including phenoxy) is 1. The second-order valence-corrected chi connectivity index (χ2v) is 6.24. The quantitative estimate of drug-likeness (QED) is 0.209. The number of hydrogen-bond acceptors (Lipinski definition) is 2. The fourth-order valence-electron chi connectivity index (χ4n) is 2.59. The molecule has 136 valence electrons. The van der Waals surface area contributed by atoms with Crippen LogP contribution in [-0.4, -0.2) is 12.6 Å². The van der Waals surface area contributed by atoms with Gasteiger partial charge in [0.05, 0.1) is 6.61 Å². The van der Waals surface area contributed by atoms with Crippen molar-refractivity contribution in [1.29, 1.82) is 0 Å². The predicted octanol–water partition coefficient (Wildman–Crippen LogP) is 6.15. The molecule has 0 aliphatic carbocycles. The summed E-state index contributed by atoms with van der Waals surface area (Å²) in [6.45, 7) is 4.45. The predicted molar refractivity (Wildman–Crippen MR) is 106 cm³/mol. The van der Waals surface area contributed by atoms with Crippen LogP contribution in [0.5, 0.6) is 0 Å². The Hall–Kier alpha value is -2.01. The van der Waals surface area contributed by atoms with Gasteiger partial charge in [0.2, 0.25) is 0 Å². The molecule has 1 aromatic rings. The van der Waals surface area contributed by atoms with E-state index in [1.165, 1.54) is 57.4 Å². The summed E-state index contributed by atoms with van der Waals surface area (Å²) in [5.74, 6) is 6.16. The number of benzene rings is 1. The normalized spacial score (nSPS) is 10.5. The monoisotopic (exact) mass is 340 g/mol. The van der Waals surface area contributed by atoms with Gasteiger partial charge in [0.25, 0.3) is 0 Å². The lowest BCUT2D eigenvalue weighted by molar-refractivity contribution is -0.137. The molecule has 0 bridgehead atoms. The number of unbranched alkanes of at least 4 members (excludes halogenated alkanes) is 8. The second kappa shape index (κ2) is 14.3. The van der Waals surface area contributed by atoms with Crippen molar-refractivity contribution in [1.82, 2.24) is 0 Å².